The maximum absolute atomic E-state index is 12.6. The Kier molecular flexibility index (Phi) is 3.78. The normalized spacial score (nSPS) is 26.4. The molecule has 1 amide bonds. The smallest absolute Gasteiger partial charge is 0.228 e. The van der Waals surface area contributed by atoms with Crippen molar-refractivity contribution in [3.63, 3.8) is 0 Å². The Bertz CT molecular complexity index is 491. The molecule has 5 heteroatoms. The van der Waals surface area contributed by atoms with Crippen LogP contribution in [0.1, 0.15) is 30.7 Å². The Morgan fingerprint density at radius 2 is 2.30 bits per heavy atom. The summed E-state index contributed by atoms with van der Waals surface area (Å²) in [6.07, 6.45) is 3.06. The van der Waals surface area contributed by atoms with Crippen molar-refractivity contribution in [3.05, 3.63) is 17.5 Å². The Morgan fingerprint density at radius 1 is 1.45 bits per heavy atom. The van der Waals surface area contributed by atoms with Gasteiger partial charge in [-0.25, -0.2) is 0 Å². The minimum absolute atomic E-state index is 0.0797. The summed E-state index contributed by atoms with van der Waals surface area (Å²) in [7, 11) is 0. The maximum Gasteiger partial charge on any atom is 0.228 e. The maximum atomic E-state index is 12.6. The summed E-state index contributed by atoms with van der Waals surface area (Å²) >= 11 is 0. The van der Waals surface area contributed by atoms with Crippen LogP contribution in [0.2, 0.25) is 0 Å². The van der Waals surface area contributed by atoms with Gasteiger partial charge < -0.3 is 9.64 Å². The number of ether oxygens (including phenoxy) is 1. The molecule has 20 heavy (non-hydrogen) atoms. The third-order valence-electron chi connectivity index (χ3n) is 4.43. The largest absolute Gasteiger partial charge is 0.381 e. The Balaban J connectivity index is 1.69. The number of hydrogen-bond donors (Lipinski definition) is 0. The van der Waals surface area contributed by atoms with Crippen LogP contribution in [0, 0.1) is 19.8 Å². The van der Waals surface area contributed by atoms with Gasteiger partial charge in [0.25, 0.3) is 0 Å². The molecule has 0 spiro atoms. The molecule has 0 aliphatic carbocycles. The van der Waals surface area contributed by atoms with E-state index in [2.05, 4.69) is 23.0 Å². The molecule has 0 aromatic carbocycles. The SMILES string of the molecule is Cc1cc(C)n(C[C@@H]2CCCN2C(=O)[C@@H]2CCOC2)n1. The van der Waals surface area contributed by atoms with Crippen molar-refractivity contribution in [1.29, 1.82) is 0 Å². The highest BCUT2D eigenvalue weighted by molar-refractivity contribution is 5.79. The van der Waals surface area contributed by atoms with Crippen molar-refractivity contribution in [1.82, 2.24) is 14.7 Å². The molecule has 0 N–H and O–H groups in total. The van der Waals surface area contributed by atoms with E-state index in [0.717, 1.165) is 44.7 Å². The van der Waals surface area contributed by atoms with Gasteiger partial charge >= 0.3 is 0 Å². The third-order valence-corrected chi connectivity index (χ3v) is 4.43. The highest BCUT2D eigenvalue weighted by atomic mass is 16.5. The van der Waals surface area contributed by atoms with E-state index in [1.807, 2.05) is 11.6 Å². The van der Waals surface area contributed by atoms with Gasteiger partial charge in [-0.2, -0.15) is 5.10 Å². The van der Waals surface area contributed by atoms with Crippen LogP contribution in [0.4, 0.5) is 0 Å². The van der Waals surface area contributed by atoms with E-state index in [1.54, 1.807) is 0 Å². The first-order valence-electron chi connectivity index (χ1n) is 7.54. The van der Waals surface area contributed by atoms with Crippen molar-refractivity contribution in [3.8, 4) is 0 Å². The van der Waals surface area contributed by atoms with Gasteiger partial charge in [-0.3, -0.25) is 9.48 Å². The van der Waals surface area contributed by atoms with E-state index in [1.165, 1.54) is 5.69 Å². The Morgan fingerprint density at radius 3 is 2.95 bits per heavy atom. The number of rotatable bonds is 3. The zero-order valence-corrected chi connectivity index (χ0v) is 12.3. The van der Waals surface area contributed by atoms with Crippen molar-refractivity contribution in [2.24, 2.45) is 5.92 Å². The van der Waals surface area contributed by atoms with Crippen LogP contribution in [0.15, 0.2) is 6.07 Å². The summed E-state index contributed by atoms with van der Waals surface area (Å²) in [5.74, 6) is 0.364. The number of aryl methyl sites for hydroxylation is 2. The molecule has 2 aliphatic rings. The van der Waals surface area contributed by atoms with E-state index >= 15 is 0 Å². The Hall–Kier alpha value is -1.36. The molecule has 110 valence electrons. The first kappa shape index (κ1) is 13.6. The predicted octanol–water partition coefficient (Wildman–Crippen LogP) is 1.53. The summed E-state index contributed by atoms with van der Waals surface area (Å²) in [5, 5.41) is 4.52. The zero-order chi connectivity index (χ0) is 14.1. The fourth-order valence-electron chi connectivity index (χ4n) is 3.34. The van der Waals surface area contributed by atoms with Crippen LogP contribution in [-0.2, 0) is 16.1 Å². The van der Waals surface area contributed by atoms with Crippen molar-refractivity contribution in [2.45, 2.75) is 45.7 Å². The van der Waals surface area contributed by atoms with Crippen LogP contribution in [0.5, 0.6) is 0 Å². The van der Waals surface area contributed by atoms with Gasteiger partial charge in [0, 0.05) is 18.8 Å². The average Bonchev–Trinajstić information content (AvgIpc) is 3.12. The molecular formula is C15H23N3O2. The molecule has 1 aromatic heterocycles. The molecule has 2 saturated heterocycles. The van der Waals surface area contributed by atoms with E-state index in [4.69, 9.17) is 4.74 Å². The molecule has 5 nitrogen and oxygen atoms in total. The molecule has 2 atom stereocenters. The van der Waals surface area contributed by atoms with Crippen LogP contribution < -0.4 is 0 Å². The second kappa shape index (κ2) is 5.56. The van der Waals surface area contributed by atoms with Gasteiger partial charge in [-0.05, 0) is 39.2 Å². The molecular weight excluding hydrogens is 254 g/mol. The second-order valence-electron chi connectivity index (χ2n) is 6.00. The fraction of sp³-hybridized carbons (Fsp3) is 0.733. The van der Waals surface area contributed by atoms with Gasteiger partial charge in [0.15, 0.2) is 0 Å². The monoisotopic (exact) mass is 277 g/mol. The van der Waals surface area contributed by atoms with Gasteiger partial charge in [-0.15, -0.1) is 0 Å². The Labute approximate surface area is 119 Å². The predicted molar refractivity (Wildman–Crippen MR) is 75.4 cm³/mol. The minimum Gasteiger partial charge on any atom is -0.381 e. The zero-order valence-electron chi connectivity index (χ0n) is 12.3. The summed E-state index contributed by atoms with van der Waals surface area (Å²) < 4.78 is 7.39. The van der Waals surface area contributed by atoms with Gasteiger partial charge in [0.1, 0.15) is 0 Å². The molecule has 0 unspecified atom stereocenters. The molecule has 2 fully saturated rings. The number of likely N-dealkylation sites (tertiary alicyclic amines) is 1. The standard InChI is InChI=1S/C15H23N3O2/c1-11-8-12(2)18(16-11)9-14-4-3-6-17(14)15(19)13-5-7-20-10-13/h8,13-14H,3-7,9-10H2,1-2H3/t13-,14+/m1/s1. The number of nitrogens with zero attached hydrogens (tertiary/aromatic N) is 3. The summed E-state index contributed by atoms with van der Waals surface area (Å²) in [5.41, 5.74) is 2.22. The number of carbonyl (C=O) groups is 1. The average molecular weight is 277 g/mol. The summed E-state index contributed by atoms with van der Waals surface area (Å²) in [6.45, 7) is 7.12. The third kappa shape index (κ3) is 2.59. The minimum atomic E-state index is 0.0797. The molecule has 3 heterocycles. The summed E-state index contributed by atoms with van der Waals surface area (Å²) in [4.78, 5) is 14.6. The lowest BCUT2D eigenvalue weighted by atomic mass is 10.1. The lowest BCUT2D eigenvalue weighted by Gasteiger charge is -2.27. The fourth-order valence-corrected chi connectivity index (χ4v) is 3.34. The summed E-state index contributed by atoms with van der Waals surface area (Å²) in [6, 6.07) is 2.38. The number of amides is 1. The van der Waals surface area contributed by atoms with E-state index in [9.17, 15) is 4.79 Å². The van der Waals surface area contributed by atoms with Crippen molar-refractivity contribution in [2.75, 3.05) is 19.8 Å². The molecule has 0 radical (unpaired) electrons. The van der Waals surface area contributed by atoms with Crippen LogP contribution in [-0.4, -0.2) is 46.4 Å². The second-order valence-corrected chi connectivity index (χ2v) is 6.00. The number of carbonyl (C=O) groups excluding carboxylic acids is 1. The highest BCUT2D eigenvalue weighted by Crippen LogP contribution is 2.24. The quantitative estimate of drug-likeness (QED) is 0.841. The van der Waals surface area contributed by atoms with E-state index in [-0.39, 0.29) is 11.8 Å². The van der Waals surface area contributed by atoms with Crippen molar-refractivity contribution >= 4 is 5.91 Å². The number of aromatic nitrogens is 2. The van der Waals surface area contributed by atoms with E-state index in [0.29, 0.717) is 12.6 Å². The first-order chi connectivity index (χ1) is 9.65. The van der Waals surface area contributed by atoms with Gasteiger partial charge in [0.05, 0.1) is 30.8 Å². The van der Waals surface area contributed by atoms with E-state index < -0.39 is 0 Å². The molecule has 0 saturated carbocycles. The van der Waals surface area contributed by atoms with Crippen LogP contribution in [0.25, 0.3) is 0 Å². The lowest BCUT2D eigenvalue weighted by Crippen LogP contribution is -2.42. The molecule has 0 bridgehead atoms. The van der Waals surface area contributed by atoms with Crippen molar-refractivity contribution < 1.29 is 9.53 Å². The topological polar surface area (TPSA) is 47.4 Å². The van der Waals surface area contributed by atoms with Gasteiger partial charge in [0.2, 0.25) is 5.91 Å². The number of hydrogen-bond acceptors (Lipinski definition) is 3. The van der Waals surface area contributed by atoms with Gasteiger partial charge in [-0.1, -0.05) is 0 Å². The molecule has 3 rings (SSSR count). The first-order valence-corrected chi connectivity index (χ1v) is 7.54. The molecule has 1 aromatic rings. The van der Waals surface area contributed by atoms with Crippen LogP contribution >= 0.6 is 0 Å². The highest BCUT2D eigenvalue weighted by Gasteiger charge is 2.35. The molecule has 2 aliphatic heterocycles. The lowest BCUT2D eigenvalue weighted by molar-refractivity contribution is -0.136. The van der Waals surface area contributed by atoms with Crippen LogP contribution in [0.3, 0.4) is 0 Å².